The van der Waals surface area contributed by atoms with Crippen molar-refractivity contribution in [3.63, 3.8) is 0 Å². The SMILES string of the molecule is CC(C)(C)OC(=O)N1CC(c2c(F)c(F)cc(F)c2F)CC1C(=O)C=[N+]=[N-]. The Morgan fingerprint density at radius 1 is 1.22 bits per heavy atom. The molecule has 1 heterocycles. The maximum Gasteiger partial charge on any atom is 0.410 e. The van der Waals surface area contributed by atoms with Crippen LogP contribution in [-0.4, -0.2) is 46.0 Å². The van der Waals surface area contributed by atoms with Gasteiger partial charge in [0, 0.05) is 24.1 Å². The van der Waals surface area contributed by atoms with Crippen LogP contribution in [-0.2, 0) is 9.53 Å². The van der Waals surface area contributed by atoms with Crippen LogP contribution < -0.4 is 0 Å². The van der Waals surface area contributed by atoms with E-state index in [4.69, 9.17) is 10.3 Å². The van der Waals surface area contributed by atoms with Gasteiger partial charge in [0.05, 0.1) is 0 Å². The van der Waals surface area contributed by atoms with Crippen molar-refractivity contribution >= 4 is 18.1 Å². The number of rotatable bonds is 3. The van der Waals surface area contributed by atoms with E-state index in [9.17, 15) is 27.2 Å². The van der Waals surface area contributed by atoms with Crippen molar-refractivity contribution in [3.8, 4) is 0 Å². The number of benzene rings is 1. The van der Waals surface area contributed by atoms with Crippen molar-refractivity contribution in [3.05, 3.63) is 40.4 Å². The molecule has 2 rings (SSSR count). The second-order valence-electron chi connectivity index (χ2n) is 7.11. The third-order valence-corrected chi connectivity index (χ3v) is 4.00. The summed E-state index contributed by atoms with van der Waals surface area (Å²) in [6.07, 6.45) is -0.753. The summed E-state index contributed by atoms with van der Waals surface area (Å²) in [4.78, 5) is 28.0. The lowest BCUT2D eigenvalue weighted by Gasteiger charge is -2.27. The molecule has 0 radical (unpaired) electrons. The standard InChI is InChI=1S/C17H17F4N3O3/c1-17(2,3)27-16(26)24-7-8(4-11(24)12(25)6-23-22)13-14(20)9(18)5-10(19)15(13)21/h5-6,8,11H,4,7H2,1-3H3. The first-order chi connectivity index (χ1) is 12.5. The number of amides is 1. The largest absolute Gasteiger partial charge is 0.444 e. The fourth-order valence-corrected chi connectivity index (χ4v) is 2.93. The first-order valence-corrected chi connectivity index (χ1v) is 8.00. The molecule has 2 unspecified atom stereocenters. The van der Waals surface area contributed by atoms with E-state index < -0.39 is 64.8 Å². The second-order valence-corrected chi connectivity index (χ2v) is 7.11. The lowest BCUT2D eigenvalue weighted by atomic mass is 9.94. The molecule has 10 heteroatoms. The molecule has 2 atom stereocenters. The highest BCUT2D eigenvalue weighted by Crippen LogP contribution is 2.37. The molecule has 1 fully saturated rings. The number of Topliss-reactive ketones (excluding diaryl/α,β-unsaturated/α-hetero) is 1. The van der Waals surface area contributed by atoms with Gasteiger partial charge in [-0.25, -0.2) is 22.4 Å². The van der Waals surface area contributed by atoms with Crippen LogP contribution in [0.3, 0.4) is 0 Å². The number of ketones is 1. The molecule has 1 aromatic rings. The smallest absolute Gasteiger partial charge is 0.410 e. The van der Waals surface area contributed by atoms with E-state index in [-0.39, 0.29) is 12.5 Å². The predicted octanol–water partition coefficient (Wildman–Crippen LogP) is 3.21. The minimum Gasteiger partial charge on any atom is -0.444 e. The van der Waals surface area contributed by atoms with Crippen molar-refractivity contribution in [2.45, 2.75) is 44.8 Å². The molecule has 1 aliphatic heterocycles. The topological polar surface area (TPSA) is 83.0 Å². The summed E-state index contributed by atoms with van der Waals surface area (Å²) >= 11 is 0. The number of carbonyl (C=O) groups excluding carboxylic acids is 2. The molecule has 0 aliphatic carbocycles. The van der Waals surface area contributed by atoms with Gasteiger partial charge in [0.1, 0.15) is 11.6 Å². The lowest BCUT2D eigenvalue weighted by molar-refractivity contribution is -0.120. The maximum absolute atomic E-state index is 14.1. The van der Waals surface area contributed by atoms with Crippen molar-refractivity contribution in [2.75, 3.05) is 6.54 Å². The Morgan fingerprint density at radius 3 is 2.26 bits per heavy atom. The number of hydrogen-bond acceptors (Lipinski definition) is 3. The van der Waals surface area contributed by atoms with E-state index >= 15 is 0 Å². The first-order valence-electron chi connectivity index (χ1n) is 8.00. The lowest BCUT2D eigenvalue weighted by Crippen LogP contribution is -2.43. The number of likely N-dealkylation sites (tertiary alicyclic amines) is 1. The van der Waals surface area contributed by atoms with Gasteiger partial charge in [0.15, 0.2) is 23.3 Å². The molecule has 0 bridgehead atoms. The number of halogens is 4. The van der Waals surface area contributed by atoms with Gasteiger partial charge < -0.3 is 10.3 Å². The van der Waals surface area contributed by atoms with Crippen molar-refractivity contribution in [2.24, 2.45) is 0 Å². The highest BCUT2D eigenvalue weighted by atomic mass is 19.2. The van der Waals surface area contributed by atoms with E-state index in [1.807, 2.05) is 0 Å². The van der Waals surface area contributed by atoms with Gasteiger partial charge in [-0.2, -0.15) is 4.79 Å². The second kappa shape index (κ2) is 7.48. The summed E-state index contributed by atoms with van der Waals surface area (Å²) in [5, 5.41) is 0. The average Bonchev–Trinajstić information content (AvgIpc) is 2.97. The van der Waals surface area contributed by atoms with Crippen LogP contribution in [0.15, 0.2) is 6.07 Å². The van der Waals surface area contributed by atoms with E-state index in [2.05, 4.69) is 4.79 Å². The average molecular weight is 387 g/mol. The molecule has 1 saturated heterocycles. The Labute approximate surface area is 152 Å². The number of hydrogen-bond donors (Lipinski definition) is 0. The molecule has 0 spiro atoms. The van der Waals surface area contributed by atoms with Gasteiger partial charge in [-0.15, -0.1) is 0 Å². The van der Waals surface area contributed by atoms with E-state index in [1.165, 1.54) is 0 Å². The minimum atomic E-state index is -1.59. The third-order valence-electron chi connectivity index (χ3n) is 4.00. The predicted molar refractivity (Wildman–Crippen MR) is 85.1 cm³/mol. The van der Waals surface area contributed by atoms with E-state index in [0.29, 0.717) is 6.21 Å². The zero-order valence-electron chi connectivity index (χ0n) is 14.8. The molecule has 1 amide bonds. The first kappa shape index (κ1) is 20.6. The van der Waals surface area contributed by atoms with Crippen molar-refractivity contribution in [1.82, 2.24) is 4.90 Å². The Kier molecular flexibility index (Phi) is 5.70. The van der Waals surface area contributed by atoms with Gasteiger partial charge in [0.25, 0.3) is 5.78 Å². The van der Waals surface area contributed by atoms with Gasteiger partial charge in [-0.1, -0.05) is 0 Å². The van der Waals surface area contributed by atoms with Crippen LogP contribution in [0, 0.1) is 23.3 Å². The highest BCUT2D eigenvalue weighted by Gasteiger charge is 2.44. The fraction of sp³-hybridized carbons (Fsp3) is 0.471. The Bertz CT molecular complexity index is 805. The molecular weight excluding hydrogens is 370 g/mol. The zero-order chi connectivity index (χ0) is 20.5. The molecule has 0 saturated carbocycles. The Hall–Kier alpha value is -2.74. The van der Waals surface area contributed by atoms with Crippen molar-refractivity contribution in [1.29, 1.82) is 0 Å². The Balaban J connectivity index is 2.44. The molecule has 0 aromatic heterocycles. The highest BCUT2D eigenvalue weighted by molar-refractivity contribution is 6.28. The molecular formula is C17H17F4N3O3. The van der Waals surface area contributed by atoms with Gasteiger partial charge in [-0.05, 0) is 27.2 Å². The van der Waals surface area contributed by atoms with Crippen LogP contribution >= 0.6 is 0 Å². The molecule has 0 N–H and O–H groups in total. The van der Waals surface area contributed by atoms with Crippen LogP contribution in [0.5, 0.6) is 0 Å². The number of carbonyl (C=O) groups is 2. The van der Waals surface area contributed by atoms with Gasteiger partial charge in [0.2, 0.25) is 0 Å². The number of nitrogens with zero attached hydrogens (tertiary/aromatic N) is 3. The Morgan fingerprint density at radius 2 is 1.78 bits per heavy atom. The van der Waals surface area contributed by atoms with Crippen LogP contribution in [0.25, 0.3) is 5.53 Å². The molecule has 146 valence electrons. The third kappa shape index (κ3) is 4.33. The number of ether oxygens (including phenoxy) is 1. The normalized spacial score (nSPS) is 19.6. The molecule has 27 heavy (non-hydrogen) atoms. The van der Waals surface area contributed by atoms with Crippen LogP contribution in [0.4, 0.5) is 22.4 Å². The fourth-order valence-electron chi connectivity index (χ4n) is 2.93. The van der Waals surface area contributed by atoms with Crippen LogP contribution in [0.2, 0.25) is 0 Å². The summed E-state index contributed by atoms with van der Waals surface area (Å²) in [5.41, 5.74) is 6.73. The molecule has 1 aromatic carbocycles. The quantitative estimate of drug-likeness (QED) is 0.263. The summed E-state index contributed by atoms with van der Waals surface area (Å²) in [5.74, 6) is -8.38. The minimum absolute atomic E-state index is 0.0792. The molecule has 1 aliphatic rings. The van der Waals surface area contributed by atoms with Gasteiger partial charge >= 0.3 is 12.3 Å². The summed E-state index contributed by atoms with van der Waals surface area (Å²) in [6, 6.07) is -1.19. The molecule has 6 nitrogen and oxygen atoms in total. The van der Waals surface area contributed by atoms with Gasteiger partial charge in [-0.3, -0.25) is 9.69 Å². The van der Waals surface area contributed by atoms with E-state index in [0.717, 1.165) is 4.90 Å². The van der Waals surface area contributed by atoms with Crippen LogP contribution in [0.1, 0.15) is 38.7 Å². The van der Waals surface area contributed by atoms with E-state index in [1.54, 1.807) is 20.8 Å². The monoisotopic (exact) mass is 387 g/mol. The summed E-state index contributed by atoms with van der Waals surface area (Å²) < 4.78 is 60.4. The maximum atomic E-state index is 14.1. The zero-order valence-corrected chi connectivity index (χ0v) is 14.8. The van der Waals surface area contributed by atoms with Crippen molar-refractivity contribution < 1.29 is 36.7 Å². The summed E-state index contributed by atoms with van der Waals surface area (Å²) in [6.45, 7) is 4.31. The summed E-state index contributed by atoms with van der Waals surface area (Å²) in [7, 11) is 0.